The molecule has 0 radical (unpaired) electrons. The third-order valence-electron chi connectivity index (χ3n) is 7.08. The second kappa shape index (κ2) is 9.17. The molecule has 10 nitrogen and oxygen atoms in total. The molecule has 4 heterocycles. The molecule has 1 atom stereocenters. The summed E-state index contributed by atoms with van der Waals surface area (Å²) in [5.41, 5.74) is -0.531. The maximum atomic E-state index is 15.0. The van der Waals surface area contributed by atoms with Gasteiger partial charge in [-0.15, -0.1) is 0 Å². The van der Waals surface area contributed by atoms with Crippen LogP contribution in [-0.4, -0.2) is 60.6 Å². The number of ether oxygens (including phenoxy) is 1. The molecule has 3 aromatic rings. The van der Waals surface area contributed by atoms with E-state index in [0.29, 0.717) is 18.8 Å². The maximum Gasteiger partial charge on any atom is 0.417 e. The van der Waals surface area contributed by atoms with Crippen LogP contribution in [0.3, 0.4) is 0 Å². The highest BCUT2D eigenvalue weighted by atomic mass is 19.1. The number of nitriles is 1. The van der Waals surface area contributed by atoms with Crippen molar-refractivity contribution in [2.45, 2.75) is 64.8 Å². The van der Waals surface area contributed by atoms with Crippen molar-refractivity contribution in [1.29, 1.82) is 5.26 Å². The fourth-order valence-electron chi connectivity index (χ4n) is 5.01. The van der Waals surface area contributed by atoms with Crippen molar-refractivity contribution < 1.29 is 23.8 Å². The smallest absolute Gasteiger partial charge is 0.417 e. The number of imide groups is 1. The van der Waals surface area contributed by atoms with Gasteiger partial charge in [-0.25, -0.2) is 23.8 Å². The van der Waals surface area contributed by atoms with Crippen molar-refractivity contribution in [3.8, 4) is 23.0 Å². The molecule has 11 heteroatoms. The first kappa shape index (κ1) is 26.3. The summed E-state index contributed by atoms with van der Waals surface area (Å²) >= 11 is 0. The number of aliphatic hydroxyl groups excluding tert-OH is 1. The molecule has 2 amide bonds. The average Bonchev–Trinajstić information content (AvgIpc) is 3.53. The monoisotopic (exact) mass is 532 g/mol. The molecule has 1 aromatic carbocycles. The van der Waals surface area contributed by atoms with Gasteiger partial charge < -0.3 is 14.7 Å². The van der Waals surface area contributed by atoms with Gasteiger partial charge in [0.1, 0.15) is 11.4 Å². The Labute approximate surface area is 225 Å². The van der Waals surface area contributed by atoms with Gasteiger partial charge in [-0.1, -0.05) is 6.07 Å². The SMILES string of the molecule is CC(C)(C)OC(=O)N1Cc2nc(-c3c(F)cccc3C#N)cc(-n3ccc(N4CC[C@@H](O)C4(C)C)n3)c2C1=O. The van der Waals surface area contributed by atoms with Gasteiger partial charge in [0.2, 0.25) is 0 Å². The molecule has 0 aliphatic carbocycles. The summed E-state index contributed by atoms with van der Waals surface area (Å²) in [5.74, 6) is -0.673. The zero-order chi connectivity index (χ0) is 28.3. The molecule has 1 fully saturated rings. The second-order valence-corrected chi connectivity index (χ2v) is 11.2. The number of carbonyl (C=O) groups is 2. The Morgan fingerprint density at radius 3 is 2.64 bits per heavy atom. The van der Waals surface area contributed by atoms with Gasteiger partial charge in [-0.3, -0.25) is 4.79 Å². The minimum atomic E-state index is -0.827. The van der Waals surface area contributed by atoms with E-state index in [1.54, 1.807) is 33.0 Å². The predicted octanol–water partition coefficient (Wildman–Crippen LogP) is 4.19. The summed E-state index contributed by atoms with van der Waals surface area (Å²) in [4.78, 5) is 33.9. The first-order valence-electron chi connectivity index (χ1n) is 12.6. The van der Waals surface area contributed by atoms with Crippen LogP contribution in [0, 0.1) is 17.1 Å². The van der Waals surface area contributed by atoms with Crippen LogP contribution in [0.1, 0.15) is 62.7 Å². The van der Waals surface area contributed by atoms with Gasteiger partial charge in [0.15, 0.2) is 5.82 Å². The molecular weight excluding hydrogens is 503 g/mol. The van der Waals surface area contributed by atoms with Gasteiger partial charge in [0.25, 0.3) is 5.91 Å². The fourth-order valence-corrected chi connectivity index (χ4v) is 5.01. The lowest BCUT2D eigenvalue weighted by atomic mass is 9.99. The number of nitrogens with zero attached hydrogens (tertiary/aromatic N) is 6. The summed E-state index contributed by atoms with van der Waals surface area (Å²) in [6.45, 7) is 9.36. The van der Waals surface area contributed by atoms with Gasteiger partial charge in [0, 0.05) is 18.8 Å². The van der Waals surface area contributed by atoms with Crippen LogP contribution in [0.25, 0.3) is 16.9 Å². The number of hydrogen-bond donors (Lipinski definition) is 1. The molecule has 2 aromatic heterocycles. The van der Waals surface area contributed by atoms with Gasteiger partial charge in [-0.05, 0) is 59.2 Å². The van der Waals surface area contributed by atoms with E-state index in [0.717, 1.165) is 4.90 Å². The fraction of sp³-hybridized carbons (Fsp3) is 0.393. The third kappa shape index (κ3) is 4.51. The number of anilines is 1. The molecule has 39 heavy (non-hydrogen) atoms. The zero-order valence-electron chi connectivity index (χ0n) is 22.4. The summed E-state index contributed by atoms with van der Waals surface area (Å²) in [6, 6.07) is 9.41. The van der Waals surface area contributed by atoms with Crippen molar-refractivity contribution in [2.24, 2.45) is 0 Å². The number of aliphatic hydroxyl groups is 1. The highest BCUT2D eigenvalue weighted by Crippen LogP contribution is 2.36. The van der Waals surface area contributed by atoms with Crippen LogP contribution in [0.5, 0.6) is 0 Å². The van der Waals surface area contributed by atoms with Crippen molar-refractivity contribution in [3.05, 3.63) is 59.2 Å². The summed E-state index contributed by atoms with van der Waals surface area (Å²) < 4.78 is 21.9. The first-order chi connectivity index (χ1) is 18.3. The quantitative estimate of drug-likeness (QED) is 0.533. The number of aromatic nitrogens is 3. The first-order valence-corrected chi connectivity index (χ1v) is 12.6. The molecule has 202 valence electrons. The van der Waals surface area contributed by atoms with Crippen LogP contribution in [-0.2, 0) is 11.3 Å². The van der Waals surface area contributed by atoms with Crippen LogP contribution in [0.2, 0.25) is 0 Å². The van der Waals surface area contributed by atoms with Gasteiger partial charge in [0.05, 0.1) is 58.0 Å². The highest BCUT2D eigenvalue weighted by Gasteiger charge is 2.42. The Balaban J connectivity index is 1.65. The number of halogens is 1. The van der Waals surface area contributed by atoms with Crippen LogP contribution >= 0.6 is 0 Å². The van der Waals surface area contributed by atoms with Gasteiger partial charge >= 0.3 is 6.09 Å². The molecule has 0 unspecified atom stereocenters. The topological polar surface area (TPSA) is 125 Å². The number of fused-ring (bicyclic) bond motifs is 1. The Morgan fingerprint density at radius 2 is 2.00 bits per heavy atom. The van der Waals surface area contributed by atoms with E-state index >= 15 is 4.39 Å². The zero-order valence-corrected chi connectivity index (χ0v) is 22.4. The minimum absolute atomic E-state index is 0.0107. The number of hydrogen-bond acceptors (Lipinski definition) is 8. The molecule has 5 rings (SSSR count). The van der Waals surface area contributed by atoms with Crippen LogP contribution < -0.4 is 4.90 Å². The minimum Gasteiger partial charge on any atom is -0.443 e. The maximum absolute atomic E-state index is 15.0. The largest absolute Gasteiger partial charge is 0.443 e. The summed E-state index contributed by atoms with van der Waals surface area (Å²) in [6.07, 6.45) is 0.887. The molecule has 1 saturated heterocycles. The lowest BCUT2D eigenvalue weighted by Crippen LogP contribution is -2.45. The second-order valence-electron chi connectivity index (χ2n) is 11.2. The number of benzene rings is 1. The van der Waals surface area contributed by atoms with E-state index in [1.807, 2.05) is 24.8 Å². The van der Waals surface area contributed by atoms with E-state index in [4.69, 9.17) is 9.84 Å². The number of pyridine rings is 1. The molecule has 0 spiro atoms. The Hall–Kier alpha value is -4.30. The summed E-state index contributed by atoms with van der Waals surface area (Å²) in [7, 11) is 0. The lowest BCUT2D eigenvalue weighted by molar-refractivity contribution is 0.0247. The third-order valence-corrected chi connectivity index (χ3v) is 7.08. The highest BCUT2D eigenvalue weighted by molar-refractivity contribution is 6.08. The Morgan fingerprint density at radius 1 is 1.26 bits per heavy atom. The van der Waals surface area contributed by atoms with E-state index in [1.165, 1.54) is 28.9 Å². The van der Waals surface area contributed by atoms with Crippen LogP contribution in [0.4, 0.5) is 15.0 Å². The van der Waals surface area contributed by atoms with Crippen molar-refractivity contribution in [2.75, 3.05) is 11.4 Å². The number of amides is 2. The van der Waals surface area contributed by atoms with E-state index < -0.39 is 35.1 Å². The number of rotatable bonds is 3. The lowest BCUT2D eigenvalue weighted by Gasteiger charge is -2.33. The molecule has 2 aliphatic heterocycles. The summed E-state index contributed by atoms with van der Waals surface area (Å²) in [5, 5.41) is 24.8. The van der Waals surface area contributed by atoms with Gasteiger partial charge in [-0.2, -0.15) is 10.4 Å². The van der Waals surface area contributed by atoms with E-state index in [-0.39, 0.29) is 40.3 Å². The molecule has 0 bridgehead atoms. The van der Waals surface area contributed by atoms with Crippen molar-refractivity contribution in [3.63, 3.8) is 0 Å². The Kier molecular flexibility index (Phi) is 6.18. The number of carbonyl (C=O) groups excluding carboxylic acids is 2. The standard InChI is InChI=1S/C28H29FN6O4/c1-27(2,3)39-26(38)33-15-19-24(25(33)37)20(13-18(31-19)23-16(14-30)7-6-8-17(23)29)35-12-10-22(32-35)34-11-9-21(36)28(34,4)5/h6-8,10,12-13,21,36H,9,11,15H2,1-5H3/t21-/m1/s1. The van der Waals surface area contributed by atoms with E-state index in [2.05, 4.69) is 4.98 Å². The predicted molar refractivity (Wildman–Crippen MR) is 140 cm³/mol. The molecule has 2 aliphatic rings. The van der Waals surface area contributed by atoms with E-state index in [9.17, 15) is 20.0 Å². The Bertz CT molecular complexity index is 1530. The van der Waals surface area contributed by atoms with Crippen molar-refractivity contribution in [1.82, 2.24) is 19.7 Å². The van der Waals surface area contributed by atoms with Crippen molar-refractivity contribution >= 4 is 17.8 Å². The average molecular weight is 533 g/mol. The molecule has 0 saturated carbocycles. The molecule has 1 N–H and O–H groups in total. The van der Waals surface area contributed by atoms with Crippen LogP contribution in [0.15, 0.2) is 36.5 Å². The molecular formula is C28H29FN6O4. The normalized spacial score (nSPS) is 18.3.